The first kappa shape index (κ1) is 15.2. The van der Waals surface area contributed by atoms with E-state index in [4.69, 9.17) is 5.84 Å². The van der Waals surface area contributed by atoms with E-state index in [0.717, 1.165) is 12.8 Å². The Morgan fingerprint density at radius 3 is 2.17 bits per heavy atom. The van der Waals surface area contributed by atoms with Gasteiger partial charge in [-0.05, 0) is 45.0 Å². The van der Waals surface area contributed by atoms with Crippen LogP contribution in [-0.2, 0) is 0 Å². The summed E-state index contributed by atoms with van der Waals surface area (Å²) in [6.45, 7) is 6.60. The molecule has 0 radical (unpaired) electrons. The molecular weight excluding hydrogens is 222 g/mol. The Hall–Kier alpha value is -0.900. The molecule has 0 amide bonds. The smallest absolute Gasteiger partial charge is 0.0646 e. The maximum absolute atomic E-state index is 5.87. The van der Waals surface area contributed by atoms with Crippen LogP contribution in [0.3, 0.4) is 0 Å². The molecule has 1 aromatic rings. The molecule has 0 heterocycles. The topological polar surface area (TPSA) is 41.3 Å². The number of hydrogen-bond acceptors (Lipinski definition) is 3. The predicted octanol–water partition coefficient (Wildman–Crippen LogP) is 2.62. The van der Waals surface area contributed by atoms with Crippen LogP contribution < -0.4 is 11.3 Å². The van der Waals surface area contributed by atoms with Crippen LogP contribution >= 0.6 is 0 Å². The van der Waals surface area contributed by atoms with Crippen LogP contribution in [0.5, 0.6) is 0 Å². The van der Waals surface area contributed by atoms with Gasteiger partial charge in [0.2, 0.25) is 0 Å². The summed E-state index contributed by atoms with van der Waals surface area (Å²) in [5, 5.41) is 0. The van der Waals surface area contributed by atoms with Crippen molar-refractivity contribution in [3.63, 3.8) is 0 Å². The molecular formula is C15H27N3. The molecule has 0 spiro atoms. The monoisotopic (exact) mass is 249 g/mol. The predicted molar refractivity (Wildman–Crippen MR) is 78.2 cm³/mol. The summed E-state index contributed by atoms with van der Waals surface area (Å²) in [7, 11) is 4.27. The van der Waals surface area contributed by atoms with Crippen molar-refractivity contribution in [3.05, 3.63) is 35.4 Å². The van der Waals surface area contributed by atoms with Gasteiger partial charge in [-0.2, -0.15) is 0 Å². The minimum Gasteiger partial charge on any atom is -0.302 e. The molecule has 3 nitrogen and oxygen atoms in total. The number of hydrazine groups is 1. The molecule has 0 aromatic heterocycles. The summed E-state index contributed by atoms with van der Waals surface area (Å²) >= 11 is 0. The van der Waals surface area contributed by atoms with Crippen molar-refractivity contribution in [2.24, 2.45) is 5.84 Å². The highest BCUT2D eigenvalue weighted by atomic mass is 15.3. The second-order valence-corrected chi connectivity index (χ2v) is 5.16. The number of aryl methyl sites for hydroxylation is 1. The highest BCUT2D eigenvalue weighted by Crippen LogP contribution is 2.36. The van der Waals surface area contributed by atoms with E-state index in [9.17, 15) is 0 Å². The minimum absolute atomic E-state index is 0.0425. The Labute approximate surface area is 111 Å². The third-order valence-corrected chi connectivity index (χ3v) is 4.32. The molecule has 0 saturated heterocycles. The van der Waals surface area contributed by atoms with Crippen LogP contribution in [0.2, 0.25) is 0 Å². The van der Waals surface area contributed by atoms with Crippen LogP contribution in [0.15, 0.2) is 24.3 Å². The lowest BCUT2D eigenvalue weighted by molar-refractivity contribution is 0.0879. The Balaban J connectivity index is 3.27. The van der Waals surface area contributed by atoms with Crippen LogP contribution in [0.1, 0.15) is 43.9 Å². The zero-order chi connectivity index (χ0) is 13.8. The summed E-state index contributed by atoms with van der Waals surface area (Å²) in [5.74, 6) is 5.87. The van der Waals surface area contributed by atoms with Crippen LogP contribution in [0, 0.1) is 6.92 Å². The van der Waals surface area contributed by atoms with Crippen molar-refractivity contribution in [2.45, 2.75) is 45.2 Å². The quantitative estimate of drug-likeness (QED) is 0.601. The molecule has 0 aliphatic rings. The van der Waals surface area contributed by atoms with Gasteiger partial charge in [-0.3, -0.25) is 11.3 Å². The van der Waals surface area contributed by atoms with Crippen LogP contribution in [0.25, 0.3) is 0 Å². The van der Waals surface area contributed by atoms with Gasteiger partial charge in [-0.15, -0.1) is 0 Å². The molecule has 0 fully saturated rings. The summed E-state index contributed by atoms with van der Waals surface area (Å²) in [6.07, 6.45) is 2.11. The van der Waals surface area contributed by atoms with Crippen LogP contribution in [-0.4, -0.2) is 24.5 Å². The fourth-order valence-corrected chi connectivity index (χ4v) is 2.99. The molecule has 18 heavy (non-hydrogen) atoms. The molecule has 0 aliphatic heterocycles. The first-order valence-corrected chi connectivity index (χ1v) is 6.72. The first-order valence-electron chi connectivity index (χ1n) is 6.72. The number of nitrogens with one attached hydrogen (secondary N) is 1. The molecule has 0 saturated carbocycles. The molecule has 1 rings (SSSR count). The highest BCUT2D eigenvalue weighted by molar-refractivity contribution is 5.31. The molecule has 1 atom stereocenters. The molecule has 102 valence electrons. The molecule has 0 aliphatic carbocycles. The summed E-state index contributed by atoms with van der Waals surface area (Å²) < 4.78 is 0. The van der Waals surface area contributed by atoms with Gasteiger partial charge < -0.3 is 4.90 Å². The van der Waals surface area contributed by atoms with Gasteiger partial charge >= 0.3 is 0 Å². The Bertz CT molecular complexity index is 370. The summed E-state index contributed by atoms with van der Waals surface area (Å²) in [4.78, 5) is 2.30. The van der Waals surface area contributed by atoms with Gasteiger partial charge in [0.05, 0.1) is 6.04 Å². The van der Waals surface area contributed by atoms with Crippen molar-refractivity contribution in [1.29, 1.82) is 0 Å². The second kappa shape index (κ2) is 6.32. The van der Waals surface area contributed by atoms with E-state index >= 15 is 0 Å². The Kier molecular flexibility index (Phi) is 5.32. The summed E-state index contributed by atoms with van der Waals surface area (Å²) in [5.41, 5.74) is 5.66. The molecule has 1 aromatic carbocycles. The van der Waals surface area contributed by atoms with Gasteiger partial charge in [0.15, 0.2) is 0 Å². The van der Waals surface area contributed by atoms with E-state index < -0.39 is 0 Å². The third kappa shape index (κ3) is 2.58. The SMILES string of the molecule is CCC(CC)(C(NN)c1ccccc1C)N(C)C. The Morgan fingerprint density at radius 1 is 1.22 bits per heavy atom. The fourth-order valence-electron chi connectivity index (χ4n) is 2.99. The number of nitrogens with two attached hydrogens (primary N) is 1. The van der Waals surface area contributed by atoms with Gasteiger partial charge in [0.25, 0.3) is 0 Å². The number of rotatable bonds is 6. The number of benzene rings is 1. The normalized spacial score (nSPS) is 13.9. The fraction of sp³-hybridized carbons (Fsp3) is 0.600. The van der Waals surface area contributed by atoms with E-state index in [1.165, 1.54) is 11.1 Å². The van der Waals surface area contributed by atoms with Gasteiger partial charge in [-0.25, -0.2) is 0 Å². The maximum Gasteiger partial charge on any atom is 0.0646 e. The third-order valence-electron chi connectivity index (χ3n) is 4.32. The number of nitrogens with zero attached hydrogens (tertiary/aromatic N) is 1. The minimum atomic E-state index is 0.0425. The first-order chi connectivity index (χ1) is 8.53. The average Bonchev–Trinajstić information content (AvgIpc) is 2.37. The largest absolute Gasteiger partial charge is 0.302 e. The molecule has 0 bridgehead atoms. The number of likely N-dealkylation sites (N-methyl/N-ethyl adjacent to an activating group) is 1. The molecule has 3 N–H and O–H groups in total. The average molecular weight is 249 g/mol. The zero-order valence-corrected chi connectivity index (χ0v) is 12.3. The lowest BCUT2D eigenvalue weighted by atomic mass is 9.79. The lowest BCUT2D eigenvalue weighted by Gasteiger charge is -2.45. The van der Waals surface area contributed by atoms with E-state index in [0.29, 0.717) is 0 Å². The van der Waals surface area contributed by atoms with Crippen LogP contribution in [0.4, 0.5) is 0 Å². The van der Waals surface area contributed by atoms with Crippen molar-refractivity contribution < 1.29 is 0 Å². The van der Waals surface area contributed by atoms with Gasteiger partial charge in [0, 0.05) is 5.54 Å². The van der Waals surface area contributed by atoms with E-state index in [1.807, 2.05) is 0 Å². The highest BCUT2D eigenvalue weighted by Gasteiger charge is 2.38. The van der Waals surface area contributed by atoms with Crippen molar-refractivity contribution >= 4 is 0 Å². The van der Waals surface area contributed by atoms with Crippen molar-refractivity contribution in [3.8, 4) is 0 Å². The van der Waals surface area contributed by atoms with Crippen molar-refractivity contribution in [2.75, 3.05) is 14.1 Å². The van der Waals surface area contributed by atoms with Gasteiger partial charge in [0.1, 0.15) is 0 Å². The maximum atomic E-state index is 5.87. The Morgan fingerprint density at radius 2 is 1.78 bits per heavy atom. The number of hydrogen-bond donors (Lipinski definition) is 2. The second-order valence-electron chi connectivity index (χ2n) is 5.16. The van der Waals surface area contributed by atoms with E-state index in [1.54, 1.807) is 0 Å². The van der Waals surface area contributed by atoms with Crippen molar-refractivity contribution in [1.82, 2.24) is 10.3 Å². The lowest BCUT2D eigenvalue weighted by Crippen LogP contribution is -2.54. The molecule has 1 unspecified atom stereocenters. The van der Waals surface area contributed by atoms with Gasteiger partial charge in [-0.1, -0.05) is 38.1 Å². The van der Waals surface area contributed by atoms with E-state index in [2.05, 4.69) is 69.5 Å². The van der Waals surface area contributed by atoms with E-state index in [-0.39, 0.29) is 11.6 Å². The summed E-state index contributed by atoms with van der Waals surface area (Å²) in [6, 6.07) is 8.61. The zero-order valence-electron chi connectivity index (χ0n) is 12.3. The standard InChI is InChI=1S/C15H27N3/c1-6-15(7-2,18(4)5)14(17-16)13-11-9-8-10-12(13)3/h8-11,14,17H,6-7,16H2,1-5H3. The molecule has 3 heteroatoms.